The summed E-state index contributed by atoms with van der Waals surface area (Å²) < 4.78 is 36.7. The molecule has 1 aromatic rings. The zero-order chi connectivity index (χ0) is 17.3. The maximum absolute atomic E-state index is 12.2. The van der Waals surface area contributed by atoms with Crippen LogP contribution in [0.1, 0.15) is 11.8 Å². The third-order valence-corrected chi connectivity index (χ3v) is 3.74. The number of carbonyl (C=O) groups excluding carboxylic acids is 1. The molecule has 0 aliphatic rings. The van der Waals surface area contributed by atoms with Gasteiger partial charge in [0.1, 0.15) is 13.1 Å². The van der Waals surface area contributed by atoms with E-state index in [-0.39, 0.29) is 30.5 Å². The molecule has 0 saturated heterocycles. The van der Waals surface area contributed by atoms with E-state index in [0.717, 1.165) is 13.5 Å². The maximum Gasteiger partial charge on any atom is 0.406 e. The molecule has 0 fully saturated rings. The van der Waals surface area contributed by atoms with E-state index in [0.29, 0.717) is 23.9 Å². The summed E-state index contributed by atoms with van der Waals surface area (Å²) in [5.74, 6) is -0.268. The molecule has 0 saturated carbocycles. The quantitative estimate of drug-likeness (QED) is 0.360. The van der Waals surface area contributed by atoms with Gasteiger partial charge in [-0.2, -0.15) is 13.2 Å². The molecule has 0 atom stereocenters. The molecule has 1 rings (SSSR count). The summed E-state index contributed by atoms with van der Waals surface area (Å²) in [6, 6.07) is 3.99. The van der Waals surface area contributed by atoms with E-state index < -0.39 is 18.6 Å². The molecule has 1 aromatic heterocycles. The molecule has 10 heteroatoms. The van der Waals surface area contributed by atoms with Gasteiger partial charge in [-0.05, 0) is 24.8 Å². The van der Waals surface area contributed by atoms with Gasteiger partial charge in [0.2, 0.25) is 5.91 Å². The minimum atomic E-state index is -4.41. The van der Waals surface area contributed by atoms with Crippen molar-refractivity contribution in [1.82, 2.24) is 15.5 Å². The summed E-state index contributed by atoms with van der Waals surface area (Å²) in [7, 11) is 1.11. The Kier molecular flexibility index (Phi) is 11.0. The maximum atomic E-state index is 12.2. The number of likely N-dealkylation sites (N-methyl/N-ethyl adjacent to an activating group) is 1. The van der Waals surface area contributed by atoms with Gasteiger partial charge in [0.05, 0.1) is 0 Å². The highest BCUT2D eigenvalue weighted by Crippen LogP contribution is 2.15. The van der Waals surface area contributed by atoms with Crippen LogP contribution in [0.15, 0.2) is 22.5 Å². The molecular formula is C14H22F3IN4OS. The Bertz CT molecular complexity index is 509. The summed E-state index contributed by atoms with van der Waals surface area (Å²) in [6.07, 6.45) is -3.60. The van der Waals surface area contributed by atoms with Gasteiger partial charge < -0.3 is 15.5 Å². The van der Waals surface area contributed by atoms with Gasteiger partial charge in [-0.3, -0.25) is 4.79 Å². The molecule has 1 amide bonds. The van der Waals surface area contributed by atoms with Gasteiger partial charge in [-0.15, -0.1) is 35.3 Å². The van der Waals surface area contributed by atoms with Gasteiger partial charge in [-0.1, -0.05) is 6.07 Å². The van der Waals surface area contributed by atoms with Gasteiger partial charge in [0.15, 0.2) is 5.96 Å². The molecule has 2 N–H and O–H groups in total. The zero-order valence-electron chi connectivity index (χ0n) is 13.5. The van der Waals surface area contributed by atoms with Gasteiger partial charge in [0, 0.05) is 25.0 Å². The van der Waals surface area contributed by atoms with E-state index in [1.54, 1.807) is 11.3 Å². The van der Waals surface area contributed by atoms with E-state index in [1.165, 1.54) is 4.88 Å². The largest absolute Gasteiger partial charge is 0.406 e. The number of hydrogen-bond donors (Lipinski definition) is 2. The molecular weight excluding hydrogens is 456 g/mol. The molecule has 0 radical (unpaired) electrons. The lowest BCUT2D eigenvalue weighted by molar-refractivity contribution is -0.157. The van der Waals surface area contributed by atoms with Crippen molar-refractivity contribution in [2.75, 3.05) is 33.2 Å². The van der Waals surface area contributed by atoms with Gasteiger partial charge in [-0.25, -0.2) is 4.99 Å². The number of nitrogens with one attached hydrogen (secondary N) is 2. The van der Waals surface area contributed by atoms with Crippen LogP contribution in [0.3, 0.4) is 0 Å². The summed E-state index contributed by atoms with van der Waals surface area (Å²) in [6.45, 7) is 1.48. The first-order valence-electron chi connectivity index (χ1n) is 7.17. The van der Waals surface area contributed by atoms with Crippen molar-refractivity contribution in [3.05, 3.63) is 22.4 Å². The Hall–Kier alpha value is -1.04. The number of halogens is 4. The second-order valence-electron chi connectivity index (χ2n) is 4.82. The normalized spacial score (nSPS) is 11.6. The third-order valence-electron chi connectivity index (χ3n) is 2.80. The van der Waals surface area contributed by atoms with Crippen LogP contribution < -0.4 is 10.6 Å². The van der Waals surface area contributed by atoms with Crippen LogP contribution in [0.5, 0.6) is 0 Å². The number of thiophene rings is 1. The summed E-state index contributed by atoms with van der Waals surface area (Å²) >= 11 is 1.65. The molecule has 0 spiro atoms. The average Bonchev–Trinajstić information content (AvgIpc) is 2.95. The van der Waals surface area contributed by atoms with Crippen LogP contribution in [-0.2, 0) is 11.2 Å². The van der Waals surface area contributed by atoms with Crippen molar-refractivity contribution in [3.8, 4) is 0 Å². The van der Waals surface area contributed by atoms with Crippen molar-refractivity contribution in [3.63, 3.8) is 0 Å². The lowest BCUT2D eigenvalue weighted by Crippen LogP contribution is -2.40. The van der Waals surface area contributed by atoms with Crippen LogP contribution in [0, 0.1) is 0 Å². The third kappa shape index (κ3) is 9.96. The highest BCUT2D eigenvalue weighted by atomic mass is 127. The predicted molar refractivity (Wildman–Crippen MR) is 101 cm³/mol. The molecule has 0 aliphatic carbocycles. The Morgan fingerprint density at radius 3 is 2.62 bits per heavy atom. The van der Waals surface area contributed by atoms with Crippen LogP contribution in [0.2, 0.25) is 0 Å². The molecule has 5 nitrogen and oxygen atoms in total. The molecule has 0 aliphatic heterocycles. The number of amides is 1. The van der Waals surface area contributed by atoms with Gasteiger partial charge >= 0.3 is 6.18 Å². The minimum absolute atomic E-state index is 0. The van der Waals surface area contributed by atoms with E-state index in [9.17, 15) is 18.0 Å². The molecule has 0 bridgehead atoms. The van der Waals surface area contributed by atoms with Crippen molar-refractivity contribution < 1.29 is 18.0 Å². The zero-order valence-corrected chi connectivity index (χ0v) is 16.7. The minimum Gasteiger partial charge on any atom is -0.357 e. The highest BCUT2D eigenvalue weighted by molar-refractivity contribution is 14.0. The number of hydrogen-bond acceptors (Lipinski definition) is 3. The van der Waals surface area contributed by atoms with Crippen LogP contribution in [0.25, 0.3) is 0 Å². The molecule has 0 unspecified atom stereocenters. The summed E-state index contributed by atoms with van der Waals surface area (Å²) in [5, 5.41) is 8.00. The fraction of sp³-hybridized carbons (Fsp3) is 0.571. The average molecular weight is 478 g/mol. The van der Waals surface area contributed by atoms with Crippen LogP contribution >= 0.6 is 35.3 Å². The number of alkyl halides is 3. The van der Waals surface area contributed by atoms with Crippen molar-refractivity contribution in [1.29, 1.82) is 0 Å². The van der Waals surface area contributed by atoms with Gasteiger partial charge in [0.25, 0.3) is 0 Å². The van der Waals surface area contributed by atoms with Crippen molar-refractivity contribution >= 4 is 47.2 Å². The number of guanidine groups is 1. The fourth-order valence-electron chi connectivity index (χ4n) is 1.73. The Morgan fingerprint density at radius 2 is 2.08 bits per heavy atom. The summed E-state index contributed by atoms with van der Waals surface area (Å²) in [5.41, 5.74) is 0. The Balaban J connectivity index is 0.00000529. The number of nitrogens with zero attached hydrogens (tertiary/aromatic N) is 2. The Labute approximate surface area is 160 Å². The SMILES string of the molecule is CCNC(=NCC(=O)N(C)CC(F)(F)F)NCCc1cccs1.I. The number of carbonyl (C=O) groups is 1. The second-order valence-corrected chi connectivity index (χ2v) is 5.85. The molecule has 138 valence electrons. The van der Waals surface area contributed by atoms with Crippen molar-refractivity contribution in [2.24, 2.45) is 4.99 Å². The first-order chi connectivity index (χ1) is 10.8. The highest BCUT2D eigenvalue weighted by Gasteiger charge is 2.30. The van der Waals surface area contributed by atoms with E-state index in [2.05, 4.69) is 15.6 Å². The monoisotopic (exact) mass is 478 g/mol. The topological polar surface area (TPSA) is 56.7 Å². The lowest BCUT2D eigenvalue weighted by Gasteiger charge is -2.18. The fourth-order valence-corrected chi connectivity index (χ4v) is 2.43. The van der Waals surface area contributed by atoms with E-state index >= 15 is 0 Å². The molecule has 24 heavy (non-hydrogen) atoms. The number of rotatable bonds is 7. The first kappa shape index (κ1) is 23.0. The van der Waals surface area contributed by atoms with E-state index in [4.69, 9.17) is 0 Å². The smallest absolute Gasteiger partial charge is 0.357 e. The standard InChI is InChI=1S/C14H21F3N4OS.HI/c1-3-18-13(19-7-6-11-5-4-8-23-11)20-9-12(22)21(2)10-14(15,16)17;/h4-5,8H,3,6-7,9-10H2,1-2H3,(H2,18,19,20);1H. The van der Waals surface area contributed by atoms with Crippen LogP contribution in [0.4, 0.5) is 13.2 Å². The molecule has 1 heterocycles. The first-order valence-corrected chi connectivity index (χ1v) is 8.05. The summed E-state index contributed by atoms with van der Waals surface area (Å²) in [4.78, 5) is 17.5. The predicted octanol–water partition coefficient (Wildman–Crippen LogP) is 2.48. The Morgan fingerprint density at radius 1 is 1.38 bits per heavy atom. The van der Waals surface area contributed by atoms with Crippen molar-refractivity contribution in [2.45, 2.75) is 19.5 Å². The van der Waals surface area contributed by atoms with E-state index in [1.807, 2.05) is 24.4 Å². The number of aliphatic imine (C=N–C) groups is 1. The lowest BCUT2D eigenvalue weighted by atomic mass is 10.3. The van der Waals surface area contributed by atoms with Crippen LogP contribution in [-0.4, -0.2) is 56.2 Å². The molecule has 0 aromatic carbocycles. The second kappa shape index (κ2) is 11.5.